The molecule has 5 heteroatoms. The number of fused-ring (bicyclic) bond motifs is 1. The van der Waals surface area contributed by atoms with Crippen molar-refractivity contribution in [2.45, 2.75) is 33.2 Å². The van der Waals surface area contributed by atoms with Crippen LogP contribution in [0.25, 0.3) is 10.8 Å². The van der Waals surface area contributed by atoms with Crippen LogP contribution in [-0.2, 0) is 11.3 Å². The SMILES string of the molecule is Cc1cc(CN2CCC(CNC(=O)COc3ccc4ccccc4c3)CC2)c(C)o1. The molecule has 1 aliphatic heterocycles. The molecule has 30 heavy (non-hydrogen) atoms. The molecule has 3 aromatic rings. The quantitative estimate of drug-likeness (QED) is 0.630. The summed E-state index contributed by atoms with van der Waals surface area (Å²) >= 11 is 0. The zero-order valence-corrected chi connectivity index (χ0v) is 17.8. The highest BCUT2D eigenvalue weighted by Crippen LogP contribution is 2.22. The Balaban J connectivity index is 1.17. The van der Waals surface area contributed by atoms with Gasteiger partial charge in [0.25, 0.3) is 5.91 Å². The monoisotopic (exact) mass is 406 g/mol. The highest BCUT2D eigenvalue weighted by atomic mass is 16.5. The molecule has 2 heterocycles. The van der Waals surface area contributed by atoms with E-state index in [1.54, 1.807) is 0 Å². The van der Waals surface area contributed by atoms with Crippen molar-refractivity contribution in [2.24, 2.45) is 5.92 Å². The number of furan rings is 1. The van der Waals surface area contributed by atoms with Crippen molar-refractivity contribution in [1.29, 1.82) is 0 Å². The minimum atomic E-state index is -0.0601. The summed E-state index contributed by atoms with van der Waals surface area (Å²) in [5, 5.41) is 5.32. The number of piperidine rings is 1. The molecule has 1 N–H and O–H groups in total. The second-order valence-corrected chi connectivity index (χ2v) is 8.26. The number of aryl methyl sites for hydroxylation is 2. The van der Waals surface area contributed by atoms with Crippen LogP contribution < -0.4 is 10.1 Å². The number of hydrogen-bond donors (Lipinski definition) is 1. The Bertz CT molecular complexity index is 1000. The van der Waals surface area contributed by atoms with Crippen LogP contribution in [0.4, 0.5) is 0 Å². The maximum absolute atomic E-state index is 12.2. The number of benzene rings is 2. The number of carbonyl (C=O) groups is 1. The predicted molar refractivity (Wildman–Crippen MR) is 119 cm³/mol. The van der Waals surface area contributed by atoms with Crippen LogP contribution in [0.5, 0.6) is 5.75 Å². The number of amides is 1. The van der Waals surface area contributed by atoms with Crippen LogP contribution in [0.1, 0.15) is 29.9 Å². The van der Waals surface area contributed by atoms with E-state index in [4.69, 9.17) is 9.15 Å². The van der Waals surface area contributed by atoms with E-state index >= 15 is 0 Å². The number of nitrogens with zero attached hydrogens (tertiary/aromatic N) is 1. The zero-order valence-electron chi connectivity index (χ0n) is 17.8. The molecule has 158 valence electrons. The molecule has 0 saturated carbocycles. The summed E-state index contributed by atoms with van der Waals surface area (Å²) in [6, 6.07) is 16.2. The number of ether oxygens (including phenoxy) is 1. The lowest BCUT2D eigenvalue weighted by Gasteiger charge is -2.31. The van der Waals surface area contributed by atoms with Gasteiger partial charge >= 0.3 is 0 Å². The van der Waals surface area contributed by atoms with Crippen molar-refractivity contribution in [1.82, 2.24) is 10.2 Å². The Hall–Kier alpha value is -2.79. The van der Waals surface area contributed by atoms with Gasteiger partial charge in [0.15, 0.2) is 6.61 Å². The average Bonchev–Trinajstić information content (AvgIpc) is 3.08. The van der Waals surface area contributed by atoms with Crippen molar-refractivity contribution < 1.29 is 13.9 Å². The fourth-order valence-electron chi connectivity index (χ4n) is 4.15. The molecule has 0 radical (unpaired) electrons. The van der Waals surface area contributed by atoms with E-state index in [2.05, 4.69) is 22.3 Å². The molecule has 1 fully saturated rings. The van der Waals surface area contributed by atoms with Crippen molar-refractivity contribution in [3.63, 3.8) is 0 Å². The summed E-state index contributed by atoms with van der Waals surface area (Å²) in [6.07, 6.45) is 2.20. The van der Waals surface area contributed by atoms with Crippen molar-refractivity contribution >= 4 is 16.7 Å². The molecular formula is C25H30N2O3. The Morgan fingerprint density at radius 1 is 1.10 bits per heavy atom. The molecule has 1 aliphatic rings. The minimum absolute atomic E-state index is 0.0519. The standard InChI is InChI=1S/C25H30N2O3/c1-18-13-23(19(2)30-18)16-27-11-9-20(10-12-27)15-26-25(28)17-29-24-8-7-21-5-3-4-6-22(21)14-24/h3-8,13-14,20H,9-12,15-17H2,1-2H3,(H,26,28). The van der Waals surface area contributed by atoms with E-state index in [1.165, 1.54) is 10.9 Å². The minimum Gasteiger partial charge on any atom is -0.484 e. The fraction of sp³-hybridized carbons (Fsp3) is 0.400. The number of carbonyl (C=O) groups excluding carboxylic acids is 1. The summed E-state index contributed by atoms with van der Waals surface area (Å²) < 4.78 is 11.3. The Labute approximate surface area is 178 Å². The Kier molecular flexibility index (Phi) is 6.38. The topological polar surface area (TPSA) is 54.7 Å². The van der Waals surface area contributed by atoms with Gasteiger partial charge in [-0.3, -0.25) is 9.69 Å². The first-order chi connectivity index (χ1) is 14.6. The van der Waals surface area contributed by atoms with Crippen LogP contribution in [0.2, 0.25) is 0 Å². The first-order valence-corrected chi connectivity index (χ1v) is 10.7. The lowest BCUT2D eigenvalue weighted by Crippen LogP contribution is -2.39. The van der Waals surface area contributed by atoms with Gasteiger partial charge in [-0.05, 0) is 74.7 Å². The predicted octanol–water partition coefficient (Wildman–Crippen LogP) is 4.46. The summed E-state index contributed by atoms with van der Waals surface area (Å²) in [5.41, 5.74) is 1.28. The van der Waals surface area contributed by atoms with Crippen LogP contribution in [0.15, 0.2) is 52.9 Å². The smallest absolute Gasteiger partial charge is 0.257 e. The van der Waals surface area contributed by atoms with Crippen LogP contribution in [0, 0.1) is 19.8 Å². The average molecular weight is 407 g/mol. The molecule has 1 amide bonds. The van der Waals surface area contributed by atoms with Crippen molar-refractivity contribution in [2.75, 3.05) is 26.2 Å². The van der Waals surface area contributed by atoms with E-state index in [1.807, 2.05) is 50.2 Å². The van der Waals surface area contributed by atoms with Gasteiger partial charge < -0.3 is 14.5 Å². The lowest BCUT2D eigenvalue weighted by molar-refractivity contribution is -0.123. The molecule has 4 rings (SSSR count). The number of hydrogen-bond acceptors (Lipinski definition) is 4. The fourth-order valence-corrected chi connectivity index (χ4v) is 4.15. The second-order valence-electron chi connectivity index (χ2n) is 8.26. The largest absolute Gasteiger partial charge is 0.484 e. The summed E-state index contributed by atoms with van der Waals surface area (Å²) in [4.78, 5) is 14.7. The lowest BCUT2D eigenvalue weighted by atomic mass is 9.96. The molecule has 0 unspecified atom stereocenters. The number of nitrogens with one attached hydrogen (secondary N) is 1. The normalized spacial score (nSPS) is 15.4. The third kappa shape index (κ3) is 5.22. The van der Waals surface area contributed by atoms with Crippen molar-refractivity contribution in [3.05, 3.63) is 65.6 Å². The number of likely N-dealkylation sites (tertiary alicyclic amines) is 1. The van der Waals surface area contributed by atoms with Gasteiger partial charge in [-0.1, -0.05) is 30.3 Å². The van der Waals surface area contributed by atoms with E-state index in [0.29, 0.717) is 5.92 Å². The van der Waals surface area contributed by atoms with Crippen molar-refractivity contribution in [3.8, 4) is 5.75 Å². The van der Waals surface area contributed by atoms with Gasteiger partial charge in [-0.25, -0.2) is 0 Å². The zero-order chi connectivity index (χ0) is 20.9. The van der Waals surface area contributed by atoms with Crippen LogP contribution in [0.3, 0.4) is 0 Å². The van der Waals surface area contributed by atoms with E-state index < -0.39 is 0 Å². The molecule has 0 aliphatic carbocycles. The summed E-state index contributed by atoms with van der Waals surface area (Å²) in [5.74, 6) is 3.19. The van der Waals surface area contributed by atoms with Crippen LogP contribution in [-0.4, -0.2) is 37.0 Å². The maximum Gasteiger partial charge on any atom is 0.257 e. The van der Waals surface area contributed by atoms with Gasteiger partial charge in [0.1, 0.15) is 17.3 Å². The molecule has 0 bridgehead atoms. The third-order valence-corrected chi connectivity index (χ3v) is 5.92. The molecular weight excluding hydrogens is 376 g/mol. The molecule has 0 spiro atoms. The molecule has 0 atom stereocenters. The van der Waals surface area contributed by atoms with Gasteiger partial charge in [-0.2, -0.15) is 0 Å². The van der Waals surface area contributed by atoms with E-state index in [-0.39, 0.29) is 12.5 Å². The van der Waals surface area contributed by atoms with Gasteiger partial charge in [0.2, 0.25) is 0 Å². The van der Waals surface area contributed by atoms with Gasteiger partial charge in [0, 0.05) is 18.7 Å². The molecule has 1 saturated heterocycles. The first kappa shape index (κ1) is 20.5. The maximum atomic E-state index is 12.2. The summed E-state index contributed by atoms with van der Waals surface area (Å²) in [7, 11) is 0. The van der Waals surface area contributed by atoms with Gasteiger partial charge in [0.05, 0.1) is 0 Å². The first-order valence-electron chi connectivity index (χ1n) is 10.7. The van der Waals surface area contributed by atoms with Crippen LogP contribution >= 0.6 is 0 Å². The Morgan fingerprint density at radius 2 is 1.87 bits per heavy atom. The third-order valence-electron chi connectivity index (χ3n) is 5.92. The molecule has 2 aromatic carbocycles. The van der Waals surface area contributed by atoms with E-state index in [0.717, 1.165) is 61.7 Å². The molecule has 1 aromatic heterocycles. The van der Waals surface area contributed by atoms with E-state index in [9.17, 15) is 4.79 Å². The van der Waals surface area contributed by atoms with Gasteiger partial charge in [-0.15, -0.1) is 0 Å². The number of rotatable bonds is 7. The summed E-state index contributed by atoms with van der Waals surface area (Å²) in [6.45, 7) is 7.85. The highest BCUT2D eigenvalue weighted by molar-refractivity contribution is 5.84. The Morgan fingerprint density at radius 3 is 2.60 bits per heavy atom. The second kappa shape index (κ2) is 9.35. The highest BCUT2D eigenvalue weighted by Gasteiger charge is 2.21. The molecule has 5 nitrogen and oxygen atoms in total.